The number of hydrogen-bond donors (Lipinski definition) is 2. The minimum absolute atomic E-state index is 0.154. The molecule has 6 heteroatoms. The summed E-state index contributed by atoms with van der Waals surface area (Å²) in [5.41, 5.74) is 2.32. The van der Waals surface area contributed by atoms with Crippen molar-refractivity contribution >= 4 is 17.0 Å². The van der Waals surface area contributed by atoms with Crippen LogP contribution in [-0.2, 0) is 6.54 Å². The predicted octanol–water partition coefficient (Wildman–Crippen LogP) is 2.71. The van der Waals surface area contributed by atoms with Crippen molar-refractivity contribution < 1.29 is 0 Å². The summed E-state index contributed by atoms with van der Waals surface area (Å²) in [5, 5.41) is 13.9. The predicted molar refractivity (Wildman–Crippen MR) is 82.8 cm³/mol. The van der Waals surface area contributed by atoms with Gasteiger partial charge in [-0.3, -0.25) is 4.57 Å². The Balaban J connectivity index is 1.69. The Morgan fingerprint density at radius 2 is 2.14 bits per heavy atom. The molecule has 0 bridgehead atoms. The van der Waals surface area contributed by atoms with Crippen LogP contribution in [0.25, 0.3) is 5.69 Å². The number of aromatic nitrogens is 2. The van der Waals surface area contributed by atoms with Gasteiger partial charge < -0.3 is 10.3 Å². The summed E-state index contributed by atoms with van der Waals surface area (Å²) < 4.78 is 1.54. The molecule has 3 rings (SSSR count). The van der Waals surface area contributed by atoms with Gasteiger partial charge in [-0.1, -0.05) is 0 Å². The van der Waals surface area contributed by atoms with Crippen molar-refractivity contribution in [3.05, 3.63) is 69.0 Å². The van der Waals surface area contributed by atoms with Gasteiger partial charge in [-0.05, 0) is 30.3 Å². The standard InChI is InChI=1S/C15H12N4OS/c16-8-11-7-14(21-10-11)9-18-12-1-3-13(4-2-12)19-6-5-17-15(19)20/h1-7,10,18H,9H2,(H,17,20). The number of nitriles is 1. The number of hydrogen-bond acceptors (Lipinski definition) is 4. The molecule has 104 valence electrons. The molecule has 0 fully saturated rings. The second-order valence-corrected chi connectivity index (χ2v) is 5.44. The lowest BCUT2D eigenvalue weighted by molar-refractivity contribution is 0.987. The van der Waals surface area contributed by atoms with Crippen molar-refractivity contribution in [2.75, 3.05) is 5.32 Å². The van der Waals surface area contributed by atoms with Crippen LogP contribution in [0.2, 0.25) is 0 Å². The zero-order valence-electron chi connectivity index (χ0n) is 11.0. The molecular formula is C15H12N4OS. The van der Waals surface area contributed by atoms with Crippen molar-refractivity contribution in [1.29, 1.82) is 5.26 Å². The van der Waals surface area contributed by atoms with Crippen LogP contribution in [-0.4, -0.2) is 9.55 Å². The fraction of sp³-hybridized carbons (Fsp3) is 0.0667. The van der Waals surface area contributed by atoms with Gasteiger partial charge in [0, 0.05) is 34.9 Å². The number of aromatic amines is 1. The first-order valence-corrected chi connectivity index (χ1v) is 7.22. The van der Waals surface area contributed by atoms with E-state index < -0.39 is 0 Å². The maximum atomic E-state index is 11.5. The molecule has 2 aromatic heterocycles. The number of nitrogens with zero attached hydrogens (tertiary/aromatic N) is 2. The van der Waals surface area contributed by atoms with E-state index in [4.69, 9.17) is 5.26 Å². The van der Waals surface area contributed by atoms with E-state index in [9.17, 15) is 4.79 Å². The van der Waals surface area contributed by atoms with E-state index in [0.717, 1.165) is 16.3 Å². The summed E-state index contributed by atoms with van der Waals surface area (Å²) in [5.74, 6) is 0. The van der Waals surface area contributed by atoms with Gasteiger partial charge in [0.2, 0.25) is 0 Å². The highest BCUT2D eigenvalue weighted by Crippen LogP contribution is 2.17. The molecular weight excluding hydrogens is 284 g/mol. The van der Waals surface area contributed by atoms with Gasteiger partial charge in [-0.25, -0.2) is 4.79 Å². The van der Waals surface area contributed by atoms with Crippen LogP contribution in [0.15, 0.2) is 52.9 Å². The molecule has 0 saturated carbocycles. The van der Waals surface area contributed by atoms with Crippen LogP contribution in [0.4, 0.5) is 5.69 Å². The smallest absolute Gasteiger partial charge is 0.330 e. The third-order valence-electron chi connectivity index (χ3n) is 3.04. The van der Waals surface area contributed by atoms with Gasteiger partial charge in [0.15, 0.2) is 0 Å². The third-order valence-corrected chi connectivity index (χ3v) is 3.98. The highest BCUT2D eigenvalue weighted by Gasteiger charge is 2.01. The number of H-pyrrole nitrogens is 1. The maximum Gasteiger partial charge on any atom is 0.330 e. The highest BCUT2D eigenvalue weighted by molar-refractivity contribution is 7.10. The molecule has 0 saturated heterocycles. The molecule has 0 aliphatic heterocycles. The molecule has 0 spiro atoms. The van der Waals surface area contributed by atoms with E-state index in [1.165, 1.54) is 0 Å². The fourth-order valence-electron chi connectivity index (χ4n) is 1.98. The van der Waals surface area contributed by atoms with Crippen LogP contribution in [0.3, 0.4) is 0 Å². The van der Waals surface area contributed by atoms with Gasteiger partial charge >= 0.3 is 5.69 Å². The zero-order valence-corrected chi connectivity index (χ0v) is 11.9. The van der Waals surface area contributed by atoms with Crippen molar-refractivity contribution in [3.8, 4) is 11.8 Å². The third kappa shape index (κ3) is 2.88. The summed E-state index contributed by atoms with van der Waals surface area (Å²) in [4.78, 5) is 15.2. The summed E-state index contributed by atoms with van der Waals surface area (Å²) >= 11 is 1.56. The first-order chi connectivity index (χ1) is 10.3. The Bertz CT molecular complexity index is 835. The van der Waals surface area contributed by atoms with Gasteiger partial charge in [0.1, 0.15) is 6.07 Å². The average molecular weight is 296 g/mol. The van der Waals surface area contributed by atoms with E-state index in [1.54, 1.807) is 28.3 Å². The number of rotatable bonds is 4. The Hall–Kier alpha value is -2.78. The first kappa shape index (κ1) is 13.2. The van der Waals surface area contributed by atoms with Crippen molar-refractivity contribution in [2.45, 2.75) is 6.54 Å². The molecule has 0 unspecified atom stereocenters. The SMILES string of the molecule is N#Cc1csc(CNc2ccc(-n3cc[nH]c3=O)cc2)c1. The quantitative estimate of drug-likeness (QED) is 0.777. The van der Waals surface area contributed by atoms with E-state index in [-0.39, 0.29) is 5.69 Å². The van der Waals surface area contributed by atoms with Crippen LogP contribution in [0.1, 0.15) is 10.4 Å². The van der Waals surface area contributed by atoms with Gasteiger partial charge in [-0.15, -0.1) is 11.3 Å². The topological polar surface area (TPSA) is 73.6 Å². The Labute approximate surface area is 125 Å². The van der Waals surface area contributed by atoms with Crippen LogP contribution in [0, 0.1) is 11.3 Å². The number of thiophene rings is 1. The van der Waals surface area contributed by atoms with E-state index in [2.05, 4.69) is 16.4 Å². The zero-order chi connectivity index (χ0) is 14.7. The average Bonchev–Trinajstić information content (AvgIpc) is 3.14. The molecule has 0 atom stereocenters. The molecule has 0 radical (unpaired) electrons. The Morgan fingerprint density at radius 3 is 2.76 bits per heavy atom. The van der Waals surface area contributed by atoms with Crippen molar-refractivity contribution in [3.63, 3.8) is 0 Å². The van der Waals surface area contributed by atoms with E-state index in [1.807, 2.05) is 35.7 Å². The summed E-state index contributed by atoms with van der Waals surface area (Å²) in [7, 11) is 0. The van der Waals surface area contributed by atoms with Crippen LogP contribution < -0.4 is 11.0 Å². The lowest BCUT2D eigenvalue weighted by Gasteiger charge is -2.06. The molecule has 0 aliphatic rings. The lowest BCUT2D eigenvalue weighted by Crippen LogP contribution is -2.13. The molecule has 0 amide bonds. The minimum atomic E-state index is -0.154. The van der Waals surface area contributed by atoms with Gasteiger partial charge in [0.25, 0.3) is 0 Å². The first-order valence-electron chi connectivity index (χ1n) is 6.34. The number of anilines is 1. The molecule has 1 aromatic carbocycles. The lowest BCUT2D eigenvalue weighted by atomic mass is 10.2. The normalized spacial score (nSPS) is 10.2. The van der Waals surface area contributed by atoms with Gasteiger partial charge in [0.05, 0.1) is 11.3 Å². The number of nitrogens with one attached hydrogen (secondary N) is 2. The minimum Gasteiger partial charge on any atom is -0.380 e. The number of imidazole rings is 1. The molecule has 2 N–H and O–H groups in total. The second kappa shape index (κ2) is 5.69. The van der Waals surface area contributed by atoms with E-state index >= 15 is 0 Å². The monoisotopic (exact) mass is 296 g/mol. The molecule has 3 aromatic rings. The fourth-order valence-corrected chi connectivity index (χ4v) is 2.73. The van der Waals surface area contributed by atoms with Crippen LogP contribution in [0.5, 0.6) is 0 Å². The molecule has 0 aliphatic carbocycles. The largest absolute Gasteiger partial charge is 0.380 e. The van der Waals surface area contributed by atoms with Crippen molar-refractivity contribution in [1.82, 2.24) is 9.55 Å². The molecule has 21 heavy (non-hydrogen) atoms. The summed E-state index contributed by atoms with van der Waals surface area (Å²) in [6.07, 6.45) is 3.30. The maximum absolute atomic E-state index is 11.5. The van der Waals surface area contributed by atoms with Crippen LogP contribution >= 0.6 is 11.3 Å². The van der Waals surface area contributed by atoms with Crippen molar-refractivity contribution in [2.24, 2.45) is 0 Å². The molecule has 5 nitrogen and oxygen atoms in total. The van der Waals surface area contributed by atoms with Gasteiger partial charge in [-0.2, -0.15) is 5.26 Å². The Morgan fingerprint density at radius 1 is 1.33 bits per heavy atom. The highest BCUT2D eigenvalue weighted by atomic mass is 32.1. The second-order valence-electron chi connectivity index (χ2n) is 4.45. The van der Waals surface area contributed by atoms with E-state index in [0.29, 0.717) is 12.1 Å². The summed E-state index contributed by atoms with van der Waals surface area (Å²) in [6, 6.07) is 11.6. The number of benzene rings is 1. The summed E-state index contributed by atoms with van der Waals surface area (Å²) in [6.45, 7) is 0.676. The molecule has 2 heterocycles. The Kier molecular flexibility index (Phi) is 3.58.